The van der Waals surface area contributed by atoms with Gasteiger partial charge >= 0.3 is 0 Å². The summed E-state index contributed by atoms with van der Waals surface area (Å²) in [6, 6.07) is 7.11. The highest BCUT2D eigenvalue weighted by molar-refractivity contribution is 5.99. The van der Waals surface area contributed by atoms with Crippen molar-refractivity contribution >= 4 is 5.78 Å². The second-order valence-electron chi connectivity index (χ2n) is 3.37. The van der Waals surface area contributed by atoms with E-state index in [1.54, 1.807) is 25.3 Å². The Morgan fingerprint density at radius 2 is 1.88 bits per heavy atom. The minimum atomic E-state index is -0.0843. The lowest BCUT2D eigenvalue weighted by atomic mass is 10.1. The first-order chi connectivity index (χ1) is 8.29. The molecule has 0 unspecified atom stereocenters. The van der Waals surface area contributed by atoms with Gasteiger partial charge in [-0.3, -0.25) is 4.79 Å². The molecule has 0 atom stereocenters. The Bertz CT molecular complexity index is 349. The number of Topliss-reactive ketones (excluding diaryl/α,β-unsaturated/α-hetero) is 1. The van der Waals surface area contributed by atoms with Crippen LogP contribution in [0.3, 0.4) is 0 Å². The molecule has 0 bridgehead atoms. The Labute approximate surface area is 101 Å². The van der Waals surface area contributed by atoms with E-state index in [-0.39, 0.29) is 12.4 Å². The summed E-state index contributed by atoms with van der Waals surface area (Å²) in [6.07, 6.45) is 0. The highest BCUT2D eigenvalue weighted by Crippen LogP contribution is 2.17. The minimum Gasteiger partial charge on any atom is -0.496 e. The van der Waals surface area contributed by atoms with E-state index in [1.165, 1.54) is 0 Å². The number of rotatable bonds is 8. The number of ketones is 1. The van der Waals surface area contributed by atoms with Gasteiger partial charge in [0.1, 0.15) is 12.4 Å². The highest BCUT2D eigenvalue weighted by atomic mass is 16.5. The fraction of sp³-hybridized carbons (Fsp3) is 0.462. The van der Waals surface area contributed by atoms with Gasteiger partial charge < -0.3 is 14.2 Å². The van der Waals surface area contributed by atoms with E-state index in [4.69, 9.17) is 14.2 Å². The van der Waals surface area contributed by atoms with Crippen molar-refractivity contribution < 1.29 is 19.0 Å². The fourth-order valence-electron chi connectivity index (χ4n) is 1.38. The van der Waals surface area contributed by atoms with Gasteiger partial charge in [-0.1, -0.05) is 12.1 Å². The molecule has 0 radical (unpaired) electrons. The summed E-state index contributed by atoms with van der Waals surface area (Å²) in [5.74, 6) is 0.491. The molecule has 0 aliphatic heterocycles. The smallest absolute Gasteiger partial charge is 0.192 e. The first-order valence-electron chi connectivity index (χ1n) is 5.61. The van der Waals surface area contributed by atoms with E-state index < -0.39 is 0 Å². The molecule has 4 nitrogen and oxygen atoms in total. The summed E-state index contributed by atoms with van der Waals surface area (Å²) in [5, 5.41) is 0. The number of carbonyl (C=O) groups is 1. The molecule has 0 spiro atoms. The van der Waals surface area contributed by atoms with Gasteiger partial charge in [0, 0.05) is 6.61 Å². The van der Waals surface area contributed by atoms with E-state index in [0.717, 1.165) is 0 Å². The van der Waals surface area contributed by atoms with Crippen LogP contribution in [0.4, 0.5) is 0 Å². The predicted molar refractivity (Wildman–Crippen MR) is 64.6 cm³/mol. The average molecular weight is 238 g/mol. The van der Waals surface area contributed by atoms with Gasteiger partial charge in [0.05, 0.1) is 25.9 Å². The highest BCUT2D eigenvalue weighted by Gasteiger charge is 2.11. The molecule has 0 amide bonds. The molecule has 94 valence electrons. The molecule has 0 aromatic heterocycles. The number of hydrogen-bond donors (Lipinski definition) is 0. The van der Waals surface area contributed by atoms with Crippen LogP contribution in [-0.4, -0.2) is 39.3 Å². The van der Waals surface area contributed by atoms with Crippen LogP contribution in [-0.2, 0) is 9.47 Å². The van der Waals surface area contributed by atoms with Crippen LogP contribution in [0.5, 0.6) is 5.75 Å². The number of hydrogen-bond acceptors (Lipinski definition) is 4. The molecule has 1 aromatic rings. The van der Waals surface area contributed by atoms with Gasteiger partial charge in [0.2, 0.25) is 0 Å². The molecule has 0 fully saturated rings. The van der Waals surface area contributed by atoms with Gasteiger partial charge in [-0.05, 0) is 19.1 Å². The zero-order valence-electron chi connectivity index (χ0n) is 10.3. The monoisotopic (exact) mass is 238 g/mol. The van der Waals surface area contributed by atoms with Gasteiger partial charge in [0.15, 0.2) is 5.78 Å². The van der Waals surface area contributed by atoms with Crippen molar-refractivity contribution in [3.8, 4) is 5.75 Å². The zero-order valence-corrected chi connectivity index (χ0v) is 10.3. The fourth-order valence-corrected chi connectivity index (χ4v) is 1.38. The molecule has 1 rings (SSSR count). The van der Waals surface area contributed by atoms with Crippen molar-refractivity contribution in [1.29, 1.82) is 0 Å². The van der Waals surface area contributed by atoms with Crippen LogP contribution >= 0.6 is 0 Å². The van der Waals surface area contributed by atoms with E-state index in [0.29, 0.717) is 31.1 Å². The Kier molecular flexibility index (Phi) is 6.29. The van der Waals surface area contributed by atoms with Crippen LogP contribution in [0, 0.1) is 0 Å². The molecule has 0 aliphatic rings. The second kappa shape index (κ2) is 7.81. The van der Waals surface area contributed by atoms with Crippen LogP contribution in [0.25, 0.3) is 0 Å². The van der Waals surface area contributed by atoms with Crippen LogP contribution in [0.1, 0.15) is 17.3 Å². The SMILES string of the molecule is CCOCCOCC(=O)c1ccccc1OC. The molecular formula is C13H18O4. The number of benzene rings is 1. The Balaban J connectivity index is 2.41. The predicted octanol–water partition coefficient (Wildman–Crippen LogP) is 1.93. The summed E-state index contributed by atoms with van der Waals surface area (Å²) in [4.78, 5) is 11.8. The first kappa shape index (κ1) is 13.7. The van der Waals surface area contributed by atoms with Crippen molar-refractivity contribution in [3.63, 3.8) is 0 Å². The van der Waals surface area contributed by atoms with Crippen LogP contribution in [0.2, 0.25) is 0 Å². The maximum Gasteiger partial charge on any atom is 0.192 e. The van der Waals surface area contributed by atoms with E-state index >= 15 is 0 Å². The standard InChI is InChI=1S/C13H18O4/c1-3-16-8-9-17-10-12(14)11-6-4-5-7-13(11)15-2/h4-7H,3,8-10H2,1-2H3. The number of carbonyl (C=O) groups excluding carboxylic acids is 1. The van der Waals surface area contributed by atoms with Crippen molar-refractivity contribution in [2.24, 2.45) is 0 Å². The normalized spacial score (nSPS) is 10.2. The third-order valence-electron chi connectivity index (χ3n) is 2.22. The Morgan fingerprint density at radius 1 is 1.18 bits per heavy atom. The molecule has 0 N–H and O–H groups in total. The van der Waals surface area contributed by atoms with E-state index in [1.807, 2.05) is 13.0 Å². The number of para-hydroxylation sites is 1. The van der Waals surface area contributed by atoms with Gasteiger partial charge in [-0.2, -0.15) is 0 Å². The summed E-state index contributed by atoms with van der Waals surface area (Å²) in [6.45, 7) is 3.56. The maximum atomic E-state index is 11.8. The van der Waals surface area contributed by atoms with Gasteiger partial charge in [0.25, 0.3) is 0 Å². The molecule has 4 heteroatoms. The quantitative estimate of drug-likeness (QED) is 0.513. The minimum absolute atomic E-state index is 0.0491. The summed E-state index contributed by atoms with van der Waals surface area (Å²) in [7, 11) is 1.54. The van der Waals surface area contributed by atoms with Crippen molar-refractivity contribution in [3.05, 3.63) is 29.8 Å². The van der Waals surface area contributed by atoms with Crippen molar-refractivity contribution in [2.75, 3.05) is 33.5 Å². The zero-order chi connectivity index (χ0) is 12.5. The molecule has 0 heterocycles. The second-order valence-corrected chi connectivity index (χ2v) is 3.37. The lowest BCUT2D eigenvalue weighted by Gasteiger charge is -2.07. The lowest BCUT2D eigenvalue weighted by molar-refractivity contribution is 0.0473. The number of ether oxygens (including phenoxy) is 3. The molecule has 0 saturated heterocycles. The van der Waals surface area contributed by atoms with Crippen molar-refractivity contribution in [2.45, 2.75) is 6.92 Å². The lowest BCUT2D eigenvalue weighted by Crippen LogP contribution is -2.13. The van der Waals surface area contributed by atoms with E-state index in [2.05, 4.69) is 0 Å². The average Bonchev–Trinajstić information content (AvgIpc) is 2.38. The topological polar surface area (TPSA) is 44.8 Å². The first-order valence-corrected chi connectivity index (χ1v) is 5.61. The van der Waals surface area contributed by atoms with Crippen molar-refractivity contribution in [1.82, 2.24) is 0 Å². The van der Waals surface area contributed by atoms with Crippen LogP contribution < -0.4 is 4.74 Å². The number of methoxy groups -OCH3 is 1. The Hall–Kier alpha value is -1.39. The summed E-state index contributed by atoms with van der Waals surface area (Å²) >= 11 is 0. The summed E-state index contributed by atoms with van der Waals surface area (Å²) < 4.78 is 15.4. The molecule has 1 aromatic carbocycles. The van der Waals surface area contributed by atoms with Crippen LogP contribution in [0.15, 0.2) is 24.3 Å². The van der Waals surface area contributed by atoms with Gasteiger partial charge in [-0.25, -0.2) is 0 Å². The summed E-state index contributed by atoms with van der Waals surface area (Å²) in [5.41, 5.74) is 0.548. The molecular weight excluding hydrogens is 220 g/mol. The van der Waals surface area contributed by atoms with E-state index in [9.17, 15) is 4.79 Å². The van der Waals surface area contributed by atoms with Gasteiger partial charge in [-0.15, -0.1) is 0 Å². The molecule has 0 saturated carbocycles. The molecule has 17 heavy (non-hydrogen) atoms. The third-order valence-corrected chi connectivity index (χ3v) is 2.22. The largest absolute Gasteiger partial charge is 0.496 e. The Morgan fingerprint density at radius 3 is 2.59 bits per heavy atom. The molecule has 0 aliphatic carbocycles. The third kappa shape index (κ3) is 4.54. The maximum absolute atomic E-state index is 11.8.